The zero-order valence-electron chi connectivity index (χ0n) is 36.7. The maximum absolute atomic E-state index is 17.0. The number of hydrogen-bond acceptors (Lipinski definition) is 12. The number of aromatic hydroxyl groups is 1. The van der Waals surface area contributed by atoms with Gasteiger partial charge in [-0.15, -0.1) is 6.42 Å². The zero-order valence-corrected chi connectivity index (χ0v) is 36.7. The number of piperidine rings is 2. The van der Waals surface area contributed by atoms with Crippen molar-refractivity contribution in [3.8, 4) is 35.4 Å². The Hall–Kier alpha value is -5.59. The van der Waals surface area contributed by atoms with Gasteiger partial charge in [-0.3, -0.25) is 14.7 Å². The Morgan fingerprint density at radius 3 is 2.45 bits per heavy atom. The smallest absolute Gasteiger partial charge is 0.319 e. The van der Waals surface area contributed by atoms with Crippen molar-refractivity contribution < 1.29 is 27.9 Å². The molecule has 5 saturated heterocycles. The van der Waals surface area contributed by atoms with Gasteiger partial charge in [0.25, 0.3) is 0 Å². The van der Waals surface area contributed by atoms with Gasteiger partial charge in [0.05, 0.1) is 16.9 Å². The number of nitrogens with zero attached hydrogens (tertiary/aromatic N) is 8. The lowest BCUT2D eigenvalue weighted by Gasteiger charge is -2.36. The molecule has 3 aromatic heterocycles. The average molecular weight is 874 g/mol. The summed E-state index contributed by atoms with van der Waals surface area (Å²) >= 11 is 0. The van der Waals surface area contributed by atoms with E-state index in [1.165, 1.54) is 30.7 Å². The minimum Gasteiger partial charge on any atom is -0.508 e. The van der Waals surface area contributed by atoms with Crippen molar-refractivity contribution in [1.82, 2.24) is 35.2 Å². The van der Waals surface area contributed by atoms with E-state index in [0.717, 1.165) is 89.9 Å². The standard InChI is InChI=1S/C49H57F2N9O4/c1-4-37-40(50)10-7-33-23-36(61)24-38(43(33)37)45-44(51)46-39(26-52-45)47(59-27-34-8-9-35(28-59)53-34)55-49(54-46)63-21-20-57-16-11-31(12-17-57)22-32-13-18-58(19-14-32)42-25-41(64-56-42)30(3)48(62)60-15-5-6-29(60)2/h1,7,10,23-26,29-32,34-35,53,61H,5-6,8-9,11-22,27-28H2,2-3H3. The van der Waals surface area contributed by atoms with Gasteiger partial charge in [0.1, 0.15) is 35.2 Å². The molecule has 0 spiro atoms. The van der Waals surface area contributed by atoms with Crippen molar-refractivity contribution in [2.45, 2.75) is 95.7 Å². The van der Waals surface area contributed by atoms with Gasteiger partial charge >= 0.3 is 6.01 Å². The fraction of sp³-hybridized carbons (Fsp3) is 0.531. The van der Waals surface area contributed by atoms with E-state index in [4.69, 9.17) is 20.7 Å². The van der Waals surface area contributed by atoms with Crippen molar-refractivity contribution in [2.24, 2.45) is 11.8 Å². The highest BCUT2D eigenvalue weighted by Crippen LogP contribution is 2.40. The highest BCUT2D eigenvalue weighted by molar-refractivity contribution is 6.03. The summed E-state index contributed by atoms with van der Waals surface area (Å²) in [6, 6.07) is 8.52. The summed E-state index contributed by atoms with van der Waals surface area (Å²) in [6.45, 7) is 11.2. The molecule has 5 aromatic rings. The summed E-state index contributed by atoms with van der Waals surface area (Å²) in [5.41, 5.74) is 0.0760. The van der Waals surface area contributed by atoms with Gasteiger partial charge in [-0.1, -0.05) is 17.1 Å². The van der Waals surface area contributed by atoms with Gasteiger partial charge in [-0.2, -0.15) is 9.97 Å². The van der Waals surface area contributed by atoms with Crippen LogP contribution in [0.25, 0.3) is 32.9 Å². The van der Waals surface area contributed by atoms with E-state index >= 15 is 4.39 Å². The number of piperazine rings is 1. The first-order chi connectivity index (χ1) is 31.1. The first-order valence-electron chi connectivity index (χ1n) is 23.3. The number of carbonyl (C=O) groups excluding carboxylic acids is 1. The van der Waals surface area contributed by atoms with E-state index < -0.39 is 11.6 Å². The highest BCUT2D eigenvalue weighted by Gasteiger charge is 2.35. The number of nitrogens with one attached hydrogen (secondary N) is 1. The summed E-state index contributed by atoms with van der Waals surface area (Å²) < 4.78 is 43.9. The second kappa shape index (κ2) is 17.8. The molecular formula is C49H57F2N9O4. The fourth-order valence-corrected chi connectivity index (χ4v) is 11.1. The fourth-order valence-electron chi connectivity index (χ4n) is 11.1. The Morgan fingerprint density at radius 2 is 1.73 bits per heavy atom. The summed E-state index contributed by atoms with van der Waals surface area (Å²) in [5.74, 6) is 4.13. The maximum Gasteiger partial charge on any atom is 0.319 e. The SMILES string of the molecule is C#Cc1c(F)ccc2cc(O)cc(-c3ncc4c(N5CC6CCC(C5)N6)nc(OCCN5CCC(CC6CCN(c7cc(C(C)C(=O)N8CCCC8C)on7)CC6)CC5)nc4c3F)c12. The number of fused-ring (bicyclic) bond motifs is 4. The van der Waals surface area contributed by atoms with E-state index in [1.807, 2.05) is 17.9 Å². The number of halogens is 2. The molecular weight excluding hydrogens is 817 g/mol. The molecule has 15 heteroatoms. The van der Waals surface area contributed by atoms with Crippen LogP contribution >= 0.6 is 0 Å². The Kier molecular flexibility index (Phi) is 11.8. The van der Waals surface area contributed by atoms with Crippen LogP contribution in [0.3, 0.4) is 0 Å². The minimum absolute atomic E-state index is 0.0339. The predicted molar refractivity (Wildman–Crippen MR) is 241 cm³/mol. The number of aromatic nitrogens is 4. The van der Waals surface area contributed by atoms with Crippen LogP contribution in [0.2, 0.25) is 0 Å². The van der Waals surface area contributed by atoms with Crippen LogP contribution in [0.1, 0.15) is 88.9 Å². The summed E-state index contributed by atoms with van der Waals surface area (Å²) in [7, 11) is 0. The van der Waals surface area contributed by atoms with E-state index in [0.29, 0.717) is 72.5 Å². The number of terminal acetylenes is 1. The molecule has 0 radical (unpaired) electrons. The lowest BCUT2D eigenvalue weighted by Crippen LogP contribution is -2.51. The van der Waals surface area contributed by atoms with Gasteiger partial charge in [-0.05, 0) is 120 Å². The first kappa shape index (κ1) is 42.4. The molecule has 2 N–H and O–H groups in total. The van der Waals surface area contributed by atoms with E-state index in [1.54, 1.807) is 6.20 Å². The van der Waals surface area contributed by atoms with Gasteiger partial charge in [-0.25, -0.2) is 8.78 Å². The topological polar surface area (TPSA) is 136 Å². The van der Waals surface area contributed by atoms with Crippen molar-refractivity contribution >= 4 is 39.2 Å². The van der Waals surface area contributed by atoms with Crippen molar-refractivity contribution in [3.05, 3.63) is 59.5 Å². The van der Waals surface area contributed by atoms with Gasteiger partial charge in [0, 0.05) is 80.6 Å². The molecule has 10 rings (SSSR count). The lowest BCUT2D eigenvalue weighted by molar-refractivity contribution is -0.133. The molecule has 5 fully saturated rings. The summed E-state index contributed by atoms with van der Waals surface area (Å²) in [6.07, 6.45) is 17.3. The molecule has 2 aromatic carbocycles. The number of anilines is 2. The van der Waals surface area contributed by atoms with Crippen LogP contribution in [-0.2, 0) is 4.79 Å². The van der Waals surface area contributed by atoms with E-state index in [9.17, 15) is 14.3 Å². The molecule has 4 atom stereocenters. The normalized spacial score (nSPS) is 22.7. The number of carbonyl (C=O) groups is 1. The van der Waals surface area contributed by atoms with Crippen LogP contribution < -0.4 is 19.9 Å². The van der Waals surface area contributed by atoms with Crippen molar-refractivity contribution in [3.63, 3.8) is 0 Å². The Labute approximate surface area is 372 Å². The van der Waals surface area contributed by atoms with Gasteiger partial charge < -0.3 is 34.4 Å². The predicted octanol–water partition coefficient (Wildman–Crippen LogP) is 7.25. The van der Waals surface area contributed by atoms with Crippen LogP contribution in [0.4, 0.5) is 20.4 Å². The molecule has 64 heavy (non-hydrogen) atoms. The lowest BCUT2D eigenvalue weighted by atomic mass is 9.83. The highest BCUT2D eigenvalue weighted by atomic mass is 19.1. The van der Waals surface area contributed by atoms with Gasteiger partial charge in [0.15, 0.2) is 17.4 Å². The number of likely N-dealkylation sites (tertiary alicyclic amines) is 2. The number of phenols is 1. The molecule has 2 bridgehead atoms. The maximum atomic E-state index is 17.0. The quantitative estimate of drug-likeness (QED) is 0.130. The first-order valence-corrected chi connectivity index (χ1v) is 23.3. The molecule has 5 aliphatic heterocycles. The minimum atomic E-state index is -0.728. The Balaban J connectivity index is 0.771. The van der Waals surface area contributed by atoms with Crippen molar-refractivity contribution in [1.29, 1.82) is 0 Å². The van der Waals surface area contributed by atoms with Crippen molar-refractivity contribution in [2.75, 3.05) is 68.8 Å². The molecule has 336 valence electrons. The van der Waals surface area contributed by atoms with Crippen LogP contribution in [0.5, 0.6) is 11.8 Å². The number of ether oxygens (including phenoxy) is 1. The van der Waals surface area contributed by atoms with E-state index in [2.05, 4.69) is 48.0 Å². The second-order valence-electron chi connectivity index (χ2n) is 18.8. The number of pyridine rings is 1. The molecule has 5 aliphatic rings. The number of hydrogen-bond donors (Lipinski definition) is 2. The molecule has 4 unspecified atom stereocenters. The molecule has 0 saturated carbocycles. The zero-order chi connectivity index (χ0) is 44.1. The monoisotopic (exact) mass is 873 g/mol. The second-order valence-corrected chi connectivity index (χ2v) is 18.8. The Morgan fingerprint density at radius 1 is 0.984 bits per heavy atom. The van der Waals surface area contributed by atoms with Gasteiger partial charge in [0.2, 0.25) is 5.91 Å². The number of phenolic OH excluding ortho intramolecular Hbond substituents is 1. The molecule has 8 heterocycles. The van der Waals surface area contributed by atoms with Crippen LogP contribution in [0.15, 0.2) is 41.1 Å². The average Bonchev–Trinajstić information content (AvgIpc) is 4.06. The third-order valence-corrected chi connectivity index (χ3v) is 14.7. The largest absolute Gasteiger partial charge is 0.508 e. The molecule has 13 nitrogen and oxygen atoms in total. The van der Waals surface area contributed by atoms with Crippen LogP contribution in [0, 0.1) is 35.8 Å². The number of benzene rings is 2. The number of amides is 1. The third kappa shape index (κ3) is 8.30. The third-order valence-electron chi connectivity index (χ3n) is 14.7. The Bertz CT molecular complexity index is 2570. The molecule has 1 amide bonds. The summed E-state index contributed by atoms with van der Waals surface area (Å²) in [4.78, 5) is 36.1. The van der Waals surface area contributed by atoms with E-state index in [-0.39, 0.29) is 57.4 Å². The summed E-state index contributed by atoms with van der Waals surface area (Å²) in [5, 5.41) is 19.9. The molecule has 0 aliphatic carbocycles. The number of rotatable bonds is 11. The van der Waals surface area contributed by atoms with Crippen LogP contribution in [-0.4, -0.2) is 118 Å².